The summed E-state index contributed by atoms with van der Waals surface area (Å²) in [6.45, 7) is 2.06. The van der Waals surface area contributed by atoms with Gasteiger partial charge in [0.05, 0.1) is 12.7 Å². The standard InChI is InChI=1S/C15H15NO3/c1-11(17)12-5-6-15(19-2)13(8-12)9-16-7-3-4-14(18)10-16/h3-8,10H,9H2,1-2H3/p+1. The molecule has 4 nitrogen and oxygen atoms in total. The number of Topliss-reactive ketones (excluding diaryl/α,β-unsaturated/α-hetero) is 1. The maximum Gasteiger partial charge on any atom is 0.211 e. The van der Waals surface area contributed by atoms with Gasteiger partial charge >= 0.3 is 0 Å². The van der Waals surface area contributed by atoms with Crippen LogP contribution in [0.5, 0.6) is 11.5 Å². The zero-order valence-electron chi connectivity index (χ0n) is 11.0. The van der Waals surface area contributed by atoms with Crippen LogP contribution in [0.4, 0.5) is 0 Å². The number of ether oxygens (including phenoxy) is 1. The highest BCUT2D eigenvalue weighted by Gasteiger charge is 2.12. The van der Waals surface area contributed by atoms with Crippen molar-refractivity contribution >= 4 is 5.78 Å². The average Bonchev–Trinajstić information content (AvgIpc) is 2.38. The molecule has 98 valence electrons. The van der Waals surface area contributed by atoms with Crippen molar-refractivity contribution in [2.45, 2.75) is 13.5 Å². The number of pyridine rings is 1. The summed E-state index contributed by atoms with van der Waals surface area (Å²) in [5.41, 5.74) is 1.54. The van der Waals surface area contributed by atoms with Gasteiger partial charge in [0.25, 0.3) is 0 Å². The Morgan fingerprint density at radius 1 is 1.37 bits per heavy atom. The molecule has 0 saturated heterocycles. The fraction of sp³-hybridized carbons (Fsp3) is 0.200. The summed E-state index contributed by atoms with van der Waals surface area (Å²) in [7, 11) is 1.60. The molecule has 0 aliphatic rings. The van der Waals surface area contributed by atoms with Crippen molar-refractivity contribution < 1.29 is 19.2 Å². The van der Waals surface area contributed by atoms with E-state index in [2.05, 4.69) is 0 Å². The van der Waals surface area contributed by atoms with Crippen LogP contribution in [0.25, 0.3) is 0 Å². The SMILES string of the molecule is COc1ccc(C(C)=O)cc1C[n+]1cccc(O)c1. The zero-order valence-corrected chi connectivity index (χ0v) is 11.0. The van der Waals surface area contributed by atoms with Gasteiger partial charge in [-0.2, -0.15) is 4.57 Å². The topological polar surface area (TPSA) is 50.4 Å². The first-order valence-corrected chi connectivity index (χ1v) is 5.96. The molecule has 19 heavy (non-hydrogen) atoms. The normalized spacial score (nSPS) is 10.2. The summed E-state index contributed by atoms with van der Waals surface area (Å²) in [6, 6.07) is 8.72. The van der Waals surface area contributed by atoms with E-state index in [0.29, 0.717) is 12.1 Å². The zero-order chi connectivity index (χ0) is 13.8. The van der Waals surface area contributed by atoms with Gasteiger partial charge in [-0.3, -0.25) is 4.79 Å². The number of rotatable bonds is 4. The second-order valence-electron chi connectivity index (χ2n) is 4.32. The number of hydrogen-bond donors (Lipinski definition) is 1. The molecular formula is C15H16NO3+. The third kappa shape index (κ3) is 3.10. The van der Waals surface area contributed by atoms with Gasteiger partial charge in [0.1, 0.15) is 5.75 Å². The van der Waals surface area contributed by atoms with Gasteiger partial charge in [-0.25, -0.2) is 0 Å². The van der Waals surface area contributed by atoms with E-state index in [0.717, 1.165) is 11.3 Å². The first-order valence-electron chi connectivity index (χ1n) is 5.96. The Labute approximate surface area is 111 Å². The molecule has 0 aliphatic carbocycles. The molecule has 1 aromatic carbocycles. The number of carbonyl (C=O) groups is 1. The number of carbonyl (C=O) groups excluding carboxylic acids is 1. The molecule has 1 N–H and O–H groups in total. The van der Waals surface area contributed by atoms with E-state index in [1.165, 1.54) is 6.92 Å². The summed E-state index contributed by atoms with van der Waals surface area (Å²) in [4.78, 5) is 11.4. The van der Waals surface area contributed by atoms with Gasteiger partial charge in [-0.05, 0) is 31.2 Å². The number of nitrogens with zero attached hydrogens (tertiary/aromatic N) is 1. The van der Waals surface area contributed by atoms with Crippen molar-refractivity contribution in [1.82, 2.24) is 0 Å². The quantitative estimate of drug-likeness (QED) is 0.673. The highest BCUT2D eigenvalue weighted by molar-refractivity contribution is 5.94. The highest BCUT2D eigenvalue weighted by Crippen LogP contribution is 2.20. The summed E-state index contributed by atoms with van der Waals surface area (Å²) < 4.78 is 7.13. The van der Waals surface area contributed by atoms with Crippen LogP contribution >= 0.6 is 0 Å². The highest BCUT2D eigenvalue weighted by atomic mass is 16.5. The van der Waals surface area contributed by atoms with E-state index in [9.17, 15) is 9.90 Å². The van der Waals surface area contributed by atoms with Gasteiger partial charge in [0.15, 0.2) is 24.3 Å². The predicted molar refractivity (Wildman–Crippen MR) is 70.4 cm³/mol. The summed E-state index contributed by atoms with van der Waals surface area (Å²) in [6.07, 6.45) is 3.47. The lowest BCUT2D eigenvalue weighted by Crippen LogP contribution is -2.33. The molecule has 1 aromatic heterocycles. The lowest BCUT2D eigenvalue weighted by molar-refractivity contribution is -0.688. The van der Waals surface area contributed by atoms with Crippen LogP contribution in [0, 0.1) is 0 Å². The van der Waals surface area contributed by atoms with Crippen LogP contribution in [-0.2, 0) is 6.54 Å². The van der Waals surface area contributed by atoms with Gasteiger partial charge in [-0.1, -0.05) is 0 Å². The Kier molecular flexibility index (Phi) is 3.80. The number of hydrogen-bond acceptors (Lipinski definition) is 3. The number of aromatic hydroxyl groups is 1. The molecule has 0 bridgehead atoms. The van der Waals surface area contributed by atoms with E-state index in [-0.39, 0.29) is 11.5 Å². The molecule has 2 aromatic rings. The smallest absolute Gasteiger partial charge is 0.211 e. The number of aromatic nitrogens is 1. The second-order valence-corrected chi connectivity index (χ2v) is 4.32. The van der Waals surface area contributed by atoms with Crippen molar-refractivity contribution in [3.8, 4) is 11.5 Å². The summed E-state index contributed by atoms with van der Waals surface area (Å²) in [5.74, 6) is 0.940. The molecule has 0 spiro atoms. The largest absolute Gasteiger partial charge is 0.503 e. The molecule has 0 fully saturated rings. The fourth-order valence-electron chi connectivity index (χ4n) is 1.92. The van der Waals surface area contributed by atoms with E-state index in [1.807, 2.05) is 16.8 Å². The third-order valence-corrected chi connectivity index (χ3v) is 2.88. The van der Waals surface area contributed by atoms with Crippen molar-refractivity contribution in [1.29, 1.82) is 0 Å². The predicted octanol–water partition coefficient (Wildman–Crippen LogP) is 1.94. The minimum atomic E-state index is 0.0183. The lowest BCUT2D eigenvalue weighted by Gasteiger charge is -2.07. The minimum absolute atomic E-state index is 0.0183. The Morgan fingerprint density at radius 3 is 2.79 bits per heavy atom. The lowest BCUT2D eigenvalue weighted by atomic mass is 10.1. The molecule has 0 aliphatic heterocycles. The Bertz CT molecular complexity index is 608. The summed E-state index contributed by atoms with van der Waals surface area (Å²) in [5, 5.41) is 9.45. The van der Waals surface area contributed by atoms with Gasteiger partial charge < -0.3 is 9.84 Å². The van der Waals surface area contributed by atoms with E-state index in [1.54, 1.807) is 37.6 Å². The number of ketones is 1. The maximum absolute atomic E-state index is 11.4. The molecular weight excluding hydrogens is 242 g/mol. The molecule has 0 saturated carbocycles. The van der Waals surface area contributed by atoms with Crippen LogP contribution in [0.3, 0.4) is 0 Å². The van der Waals surface area contributed by atoms with Crippen LogP contribution in [-0.4, -0.2) is 18.0 Å². The Hall–Kier alpha value is -2.36. The summed E-state index contributed by atoms with van der Waals surface area (Å²) >= 11 is 0. The van der Waals surface area contributed by atoms with Gasteiger partial charge in [0, 0.05) is 11.6 Å². The van der Waals surface area contributed by atoms with Gasteiger partial charge in [0.2, 0.25) is 6.20 Å². The third-order valence-electron chi connectivity index (χ3n) is 2.88. The Morgan fingerprint density at radius 2 is 2.16 bits per heavy atom. The molecule has 0 amide bonds. The van der Waals surface area contributed by atoms with Crippen LogP contribution in [0.2, 0.25) is 0 Å². The van der Waals surface area contributed by atoms with Crippen LogP contribution < -0.4 is 9.30 Å². The van der Waals surface area contributed by atoms with Crippen LogP contribution in [0.1, 0.15) is 22.8 Å². The second kappa shape index (κ2) is 5.52. The molecule has 0 unspecified atom stereocenters. The van der Waals surface area contributed by atoms with Crippen LogP contribution in [0.15, 0.2) is 42.7 Å². The molecule has 0 radical (unpaired) electrons. The van der Waals surface area contributed by atoms with Crippen molar-refractivity contribution in [2.75, 3.05) is 7.11 Å². The van der Waals surface area contributed by atoms with E-state index >= 15 is 0 Å². The molecule has 0 atom stereocenters. The maximum atomic E-state index is 11.4. The van der Waals surface area contributed by atoms with Crippen molar-refractivity contribution in [2.24, 2.45) is 0 Å². The number of methoxy groups -OCH3 is 1. The van der Waals surface area contributed by atoms with Crippen molar-refractivity contribution in [3.05, 3.63) is 53.9 Å². The average molecular weight is 258 g/mol. The number of benzene rings is 1. The Balaban J connectivity index is 2.37. The van der Waals surface area contributed by atoms with Gasteiger partial charge in [-0.15, -0.1) is 0 Å². The fourth-order valence-corrected chi connectivity index (χ4v) is 1.92. The first-order chi connectivity index (χ1) is 9.10. The van der Waals surface area contributed by atoms with E-state index in [4.69, 9.17) is 4.74 Å². The first kappa shape index (κ1) is 13.1. The molecule has 4 heteroatoms. The molecule has 1 heterocycles. The van der Waals surface area contributed by atoms with Crippen molar-refractivity contribution in [3.63, 3.8) is 0 Å². The minimum Gasteiger partial charge on any atom is -0.503 e. The van der Waals surface area contributed by atoms with E-state index < -0.39 is 0 Å². The molecule has 2 rings (SSSR count). The monoisotopic (exact) mass is 258 g/mol.